The van der Waals surface area contributed by atoms with E-state index in [1.165, 1.54) is 19.2 Å². The third kappa shape index (κ3) is 5.10. The summed E-state index contributed by atoms with van der Waals surface area (Å²) in [6.45, 7) is -1.29. The molecule has 0 aliphatic heterocycles. The smallest absolute Gasteiger partial charge is 0.406 e. The van der Waals surface area contributed by atoms with E-state index in [0.717, 1.165) is 4.90 Å². The van der Waals surface area contributed by atoms with Gasteiger partial charge in [0.25, 0.3) is 5.91 Å². The van der Waals surface area contributed by atoms with Gasteiger partial charge in [-0.2, -0.15) is 13.2 Å². The van der Waals surface area contributed by atoms with Crippen molar-refractivity contribution in [2.45, 2.75) is 6.18 Å². The van der Waals surface area contributed by atoms with Crippen molar-refractivity contribution < 1.29 is 22.7 Å². The van der Waals surface area contributed by atoms with Crippen LogP contribution in [-0.2, 0) is 0 Å². The molecular weight excluding hydrogens is 327 g/mol. The van der Waals surface area contributed by atoms with E-state index in [4.69, 9.17) is 4.74 Å². The van der Waals surface area contributed by atoms with Gasteiger partial charge in [-0.1, -0.05) is 22.0 Å². The zero-order chi connectivity index (χ0) is 14.5. The predicted molar refractivity (Wildman–Crippen MR) is 68.7 cm³/mol. The van der Waals surface area contributed by atoms with Crippen LogP contribution in [0.5, 0.6) is 5.75 Å². The lowest BCUT2D eigenvalue weighted by Gasteiger charge is -2.23. The number of carbonyl (C=O) groups is 1. The molecule has 0 aliphatic rings. The average Bonchev–Trinajstić information content (AvgIpc) is 2.36. The summed E-state index contributed by atoms with van der Waals surface area (Å²) in [5, 5.41) is 0.277. The molecule has 0 radical (unpaired) electrons. The first-order chi connectivity index (χ1) is 8.87. The largest absolute Gasteiger partial charge is 0.497 e. The van der Waals surface area contributed by atoms with E-state index in [9.17, 15) is 18.0 Å². The van der Waals surface area contributed by atoms with Gasteiger partial charge in [0.2, 0.25) is 0 Å². The fourth-order valence-electron chi connectivity index (χ4n) is 1.51. The van der Waals surface area contributed by atoms with Gasteiger partial charge in [0.15, 0.2) is 0 Å². The Hall–Kier alpha value is -1.24. The molecule has 0 N–H and O–H groups in total. The first-order valence-corrected chi connectivity index (χ1v) is 6.55. The first kappa shape index (κ1) is 15.8. The normalized spacial score (nSPS) is 11.2. The molecule has 0 fully saturated rings. The Bertz CT molecular complexity index is 437. The molecule has 0 unspecified atom stereocenters. The maximum absolute atomic E-state index is 12.4. The molecule has 0 heterocycles. The van der Waals surface area contributed by atoms with Crippen molar-refractivity contribution in [3.8, 4) is 5.75 Å². The number of hydrogen-bond donors (Lipinski definition) is 0. The molecule has 3 nitrogen and oxygen atoms in total. The Morgan fingerprint density at radius 1 is 1.42 bits per heavy atom. The standard InChI is InChI=1S/C12H13BrF3NO2/c1-19-10-4-2-3-9(7-10)11(18)17(6-5-13)8-12(14,15)16/h2-4,7H,5-6,8H2,1H3. The Balaban J connectivity index is 2.91. The minimum atomic E-state index is -4.42. The summed E-state index contributed by atoms with van der Waals surface area (Å²) in [6.07, 6.45) is -4.42. The van der Waals surface area contributed by atoms with Crippen LogP contribution in [0.4, 0.5) is 13.2 Å². The van der Waals surface area contributed by atoms with Crippen LogP contribution in [0.1, 0.15) is 10.4 Å². The van der Waals surface area contributed by atoms with Crippen molar-refractivity contribution in [1.82, 2.24) is 4.90 Å². The maximum Gasteiger partial charge on any atom is 0.406 e. The lowest BCUT2D eigenvalue weighted by Crippen LogP contribution is -2.40. The molecule has 0 spiro atoms. The number of carbonyl (C=O) groups excluding carboxylic acids is 1. The molecule has 0 atom stereocenters. The number of methoxy groups -OCH3 is 1. The van der Waals surface area contributed by atoms with Crippen LogP contribution in [0.15, 0.2) is 24.3 Å². The van der Waals surface area contributed by atoms with Crippen LogP contribution in [0.2, 0.25) is 0 Å². The summed E-state index contributed by atoms with van der Waals surface area (Å²) in [5.41, 5.74) is 0.171. The minimum Gasteiger partial charge on any atom is -0.497 e. The zero-order valence-corrected chi connectivity index (χ0v) is 11.8. The van der Waals surface area contributed by atoms with E-state index in [-0.39, 0.29) is 17.4 Å². The summed E-state index contributed by atoms with van der Waals surface area (Å²) < 4.78 is 42.2. The topological polar surface area (TPSA) is 29.5 Å². The molecule has 106 valence electrons. The molecule has 1 amide bonds. The average molecular weight is 340 g/mol. The van der Waals surface area contributed by atoms with E-state index in [0.29, 0.717) is 5.75 Å². The van der Waals surface area contributed by atoms with E-state index >= 15 is 0 Å². The molecule has 0 aliphatic carbocycles. The van der Waals surface area contributed by atoms with Crippen molar-refractivity contribution in [2.75, 3.05) is 25.5 Å². The first-order valence-electron chi connectivity index (χ1n) is 5.43. The van der Waals surface area contributed by atoms with E-state index in [2.05, 4.69) is 15.9 Å². The molecule has 1 aromatic rings. The van der Waals surface area contributed by atoms with Gasteiger partial charge in [-0.3, -0.25) is 4.79 Å². The third-order valence-electron chi connectivity index (χ3n) is 2.33. The second-order valence-corrected chi connectivity index (χ2v) is 4.56. The molecule has 0 saturated heterocycles. The van der Waals surface area contributed by atoms with Crippen LogP contribution >= 0.6 is 15.9 Å². The van der Waals surface area contributed by atoms with Gasteiger partial charge in [0.05, 0.1) is 7.11 Å². The van der Waals surface area contributed by atoms with Crippen molar-refractivity contribution in [2.24, 2.45) is 0 Å². The number of amides is 1. The van der Waals surface area contributed by atoms with Gasteiger partial charge in [-0.25, -0.2) is 0 Å². The van der Waals surface area contributed by atoms with Gasteiger partial charge >= 0.3 is 6.18 Å². The molecule has 1 aromatic carbocycles. The van der Waals surface area contributed by atoms with Crippen LogP contribution in [0.3, 0.4) is 0 Å². The van der Waals surface area contributed by atoms with Crippen LogP contribution in [0.25, 0.3) is 0 Å². The highest BCUT2D eigenvalue weighted by atomic mass is 79.9. The Kier molecular flexibility index (Phi) is 5.65. The van der Waals surface area contributed by atoms with Gasteiger partial charge in [0, 0.05) is 17.4 Å². The number of rotatable bonds is 5. The zero-order valence-electron chi connectivity index (χ0n) is 10.2. The fourth-order valence-corrected chi connectivity index (χ4v) is 1.94. The number of nitrogens with zero attached hydrogens (tertiary/aromatic N) is 1. The Morgan fingerprint density at radius 2 is 2.11 bits per heavy atom. The second-order valence-electron chi connectivity index (χ2n) is 3.76. The van der Waals surface area contributed by atoms with E-state index in [1.54, 1.807) is 12.1 Å². The number of ether oxygens (including phenoxy) is 1. The SMILES string of the molecule is COc1cccc(C(=O)N(CCBr)CC(F)(F)F)c1. The highest BCUT2D eigenvalue weighted by Gasteiger charge is 2.33. The Morgan fingerprint density at radius 3 is 2.63 bits per heavy atom. The van der Waals surface area contributed by atoms with Crippen molar-refractivity contribution >= 4 is 21.8 Å². The summed E-state index contributed by atoms with van der Waals surface area (Å²) in [7, 11) is 1.43. The highest BCUT2D eigenvalue weighted by molar-refractivity contribution is 9.09. The predicted octanol–water partition coefficient (Wildman–Crippen LogP) is 3.09. The lowest BCUT2D eigenvalue weighted by atomic mass is 10.2. The maximum atomic E-state index is 12.4. The van der Waals surface area contributed by atoms with Gasteiger partial charge in [-0.15, -0.1) is 0 Å². The Labute approximate surface area is 117 Å². The van der Waals surface area contributed by atoms with E-state index < -0.39 is 18.6 Å². The molecular formula is C12H13BrF3NO2. The van der Waals surface area contributed by atoms with Crippen molar-refractivity contribution in [3.05, 3.63) is 29.8 Å². The number of alkyl halides is 4. The molecule has 0 bridgehead atoms. The minimum absolute atomic E-state index is 0.0183. The van der Waals surface area contributed by atoms with Crippen molar-refractivity contribution in [1.29, 1.82) is 0 Å². The number of halogens is 4. The molecule has 19 heavy (non-hydrogen) atoms. The summed E-state index contributed by atoms with van der Waals surface area (Å²) >= 11 is 3.04. The van der Waals surface area contributed by atoms with Crippen LogP contribution in [0, 0.1) is 0 Å². The number of benzene rings is 1. The lowest BCUT2D eigenvalue weighted by molar-refractivity contribution is -0.140. The summed E-state index contributed by atoms with van der Waals surface area (Å²) in [4.78, 5) is 12.8. The number of hydrogen-bond acceptors (Lipinski definition) is 2. The van der Waals surface area contributed by atoms with Gasteiger partial charge in [-0.05, 0) is 18.2 Å². The summed E-state index contributed by atoms with van der Waals surface area (Å²) in [5.74, 6) is -0.243. The quantitative estimate of drug-likeness (QED) is 0.771. The highest BCUT2D eigenvalue weighted by Crippen LogP contribution is 2.20. The van der Waals surface area contributed by atoms with Crippen LogP contribution < -0.4 is 4.74 Å². The van der Waals surface area contributed by atoms with Gasteiger partial charge in [0.1, 0.15) is 12.3 Å². The fraction of sp³-hybridized carbons (Fsp3) is 0.417. The van der Waals surface area contributed by atoms with Gasteiger partial charge < -0.3 is 9.64 Å². The monoisotopic (exact) mass is 339 g/mol. The van der Waals surface area contributed by atoms with Crippen LogP contribution in [-0.4, -0.2) is 42.5 Å². The van der Waals surface area contributed by atoms with Crippen molar-refractivity contribution in [3.63, 3.8) is 0 Å². The van der Waals surface area contributed by atoms with E-state index in [1.807, 2.05) is 0 Å². The molecule has 0 saturated carbocycles. The summed E-state index contributed by atoms with van der Waals surface area (Å²) in [6, 6.07) is 6.06. The second kappa shape index (κ2) is 6.79. The third-order valence-corrected chi connectivity index (χ3v) is 2.68. The molecule has 0 aromatic heterocycles. The molecule has 1 rings (SSSR count). The molecule has 7 heteroatoms.